The topological polar surface area (TPSA) is 99.7 Å². The summed E-state index contributed by atoms with van der Waals surface area (Å²) < 4.78 is 11.6. The first-order chi connectivity index (χ1) is 16.3. The van der Waals surface area contributed by atoms with E-state index in [4.69, 9.17) is 14.6 Å². The summed E-state index contributed by atoms with van der Waals surface area (Å²) in [7, 11) is 0. The van der Waals surface area contributed by atoms with Gasteiger partial charge in [0.15, 0.2) is 0 Å². The zero-order chi connectivity index (χ0) is 24.2. The number of amides is 1. The van der Waals surface area contributed by atoms with Gasteiger partial charge in [-0.05, 0) is 52.0 Å². The van der Waals surface area contributed by atoms with Gasteiger partial charge >= 0.3 is 6.09 Å². The fourth-order valence-electron chi connectivity index (χ4n) is 4.53. The molecule has 34 heavy (non-hydrogen) atoms. The van der Waals surface area contributed by atoms with Crippen LogP contribution in [-0.2, 0) is 29.0 Å². The van der Waals surface area contributed by atoms with Crippen molar-refractivity contribution in [1.29, 1.82) is 0 Å². The number of aromatic nitrogens is 2. The molecule has 0 spiro atoms. The molecular formula is C26H38N4O4. The van der Waals surface area contributed by atoms with Crippen LogP contribution in [0.3, 0.4) is 0 Å². The molecule has 1 aliphatic heterocycles. The second kappa shape index (κ2) is 10.5. The maximum atomic E-state index is 12.7. The van der Waals surface area contributed by atoms with Crippen LogP contribution in [0.2, 0.25) is 0 Å². The van der Waals surface area contributed by atoms with Gasteiger partial charge in [-0.15, -0.1) is 0 Å². The van der Waals surface area contributed by atoms with Gasteiger partial charge in [0, 0.05) is 43.0 Å². The lowest BCUT2D eigenvalue weighted by molar-refractivity contribution is 0.0222. The van der Waals surface area contributed by atoms with Crippen molar-refractivity contribution in [2.24, 2.45) is 0 Å². The Bertz CT molecular complexity index is 949. The van der Waals surface area contributed by atoms with E-state index in [0.717, 1.165) is 54.6 Å². The van der Waals surface area contributed by atoms with Gasteiger partial charge in [0.1, 0.15) is 5.60 Å². The van der Waals surface area contributed by atoms with Crippen LogP contribution >= 0.6 is 0 Å². The number of nitrogens with one attached hydrogen (secondary N) is 2. The van der Waals surface area contributed by atoms with E-state index in [-0.39, 0.29) is 24.3 Å². The number of benzene rings is 1. The molecule has 186 valence electrons. The molecule has 2 aliphatic rings. The number of H-pyrrole nitrogens is 1. The number of hydrogen-bond acceptors (Lipinski definition) is 6. The lowest BCUT2D eigenvalue weighted by atomic mass is 9.98. The van der Waals surface area contributed by atoms with Gasteiger partial charge in [-0.1, -0.05) is 30.3 Å². The summed E-state index contributed by atoms with van der Waals surface area (Å²) in [5.74, 6) is 0. The van der Waals surface area contributed by atoms with Gasteiger partial charge in [0.25, 0.3) is 0 Å². The van der Waals surface area contributed by atoms with Crippen molar-refractivity contribution in [3.63, 3.8) is 0 Å². The normalized spacial score (nSPS) is 17.8. The lowest BCUT2D eigenvalue weighted by Crippen LogP contribution is -2.41. The number of ether oxygens (including phenoxy) is 2. The summed E-state index contributed by atoms with van der Waals surface area (Å²) in [6.07, 6.45) is 4.01. The summed E-state index contributed by atoms with van der Waals surface area (Å²) in [6, 6.07) is 10.1. The maximum absolute atomic E-state index is 12.7. The van der Waals surface area contributed by atoms with Crippen LogP contribution in [0.1, 0.15) is 75.0 Å². The molecule has 1 aromatic carbocycles. The molecule has 0 radical (unpaired) electrons. The largest absolute Gasteiger partial charge is 0.444 e. The third-order valence-electron chi connectivity index (χ3n) is 6.53. The molecule has 1 fully saturated rings. The molecule has 1 unspecified atom stereocenters. The van der Waals surface area contributed by atoms with E-state index in [1.165, 1.54) is 0 Å². The van der Waals surface area contributed by atoms with Crippen LogP contribution in [0.15, 0.2) is 30.3 Å². The number of aliphatic hydroxyl groups is 1. The Kier molecular flexibility index (Phi) is 7.60. The van der Waals surface area contributed by atoms with Crippen molar-refractivity contribution in [1.82, 2.24) is 20.4 Å². The van der Waals surface area contributed by atoms with Gasteiger partial charge in [-0.25, -0.2) is 4.79 Å². The molecule has 4 rings (SSSR count). The Labute approximate surface area is 202 Å². The van der Waals surface area contributed by atoms with Gasteiger partial charge < -0.3 is 24.8 Å². The summed E-state index contributed by atoms with van der Waals surface area (Å²) in [5.41, 5.74) is 3.67. The third kappa shape index (κ3) is 6.37. The standard InChI is InChI=1S/C26H38N4O4/c1-25(2,3)34-24(32)30-14-9-21-20(17-30)23(29-28-21)22(27-26(11-12-26)13-15-31)10-16-33-18-19-7-5-4-6-8-19/h4-8,22,27,31H,9-18H2,1-3H3,(H,28,29). The fraction of sp³-hybridized carbons (Fsp3) is 0.615. The van der Waals surface area contributed by atoms with E-state index in [1.54, 1.807) is 4.90 Å². The quantitative estimate of drug-likeness (QED) is 0.456. The Morgan fingerprint density at radius 2 is 2.06 bits per heavy atom. The zero-order valence-electron chi connectivity index (χ0n) is 20.6. The molecule has 1 amide bonds. The van der Waals surface area contributed by atoms with Crippen molar-refractivity contribution in [2.45, 2.75) is 83.2 Å². The first-order valence-corrected chi connectivity index (χ1v) is 12.3. The summed E-state index contributed by atoms with van der Waals surface area (Å²) in [4.78, 5) is 14.5. The third-order valence-corrected chi connectivity index (χ3v) is 6.53. The van der Waals surface area contributed by atoms with E-state index in [9.17, 15) is 9.90 Å². The minimum atomic E-state index is -0.528. The number of aromatic amines is 1. The number of aliphatic hydroxyl groups excluding tert-OH is 1. The predicted octanol–water partition coefficient (Wildman–Crippen LogP) is 3.86. The molecule has 3 N–H and O–H groups in total. The minimum Gasteiger partial charge on any atom is -0.444 e. The van der Waals surface area contributed by atoms with Gasteiger partial charge in [0.05, 0.1) is 24.9 Å². The van der Waals surface area contributed by atoms with Gasteiger partial charge in [-0.2, -0.15) is 5.10 Å². The molecule has 0 saturated heterocycles. The van der Waals surface area contributed by atoms with E-state index >= 15 is 0 Å². The smallest absolute Gasteiger partial charge is 0.410 e. The first-order valence-electron chi connectivity index (χ1n) is 12.3. The molecular weight excluding hydrogens is 432 g/mol. The molecule has 1 saturated carbocycles. The average molecular weight is 471 g/mol. The molecule has 8 heteroatoms. The monoisotopic (exact) mass is 470 g/mol. The maximum Gasteiger partial charge on any atom is 0.410 e. The molecule has 2 heterocycles. The van der Waals surface area contributed by atoms with Crippen molar-refractivity contribution in [2.75, 3.05) is 19.8 Å². The van der Waals surface area contributed by atoms with Crippen molar-refractivity contribution >= 4 is 6.09 Å². The van der Waals surface area contributed by atoms with Crippen molar-refractivity contribution in [3.05, 3.63) is 52.8 Å². The second-order valence-electron chi connectivity index (χ2n) is 10.5. The molecule has 1 aliphatic carbocycles. The van der Waals surface area contributed by atoms with E-state index in [1.807, 2.05) is 39.0 Å². The number of fused-ring (bicyclic) bond motifs is 1. The summed E-state index contributed by atoms with van der Waals surface area (Å²) >= 11 is 0. The van der Waals surface area contributed by atoms with Crippen molar-refractivity contribution in [3.8, 4) is 0 Å². The predicted molar refractivity (Wildman–Crippen MR) is 129 cm³/mol. The molecule has 2 aromatic rings. The van der Waals surface area contributed by atoms with Crippen molar-refractivity contribution < 1.29 is 19.4 Å². The number of hydrogen-bond donors (Lipinski definition) is 3. The van der Waals surface area contributed by atoms with E-state index in [2.05, 4.69) is 22.5 Å². The second-order valence-corrected chi connectivity index (χ2v) is 10.5. The lowest BCUT2D eigenvalue weighted by Gasteiger charge is -2.31. The van der Waals surface area contributed by atoms with Crippen LogP contribution in [0.25, 0.3) is 0 Å². The SMILES string of the molecule is CC(C)(C)OC(=O)N1CCc2[nH]nc(C(CCOCc3ccccc3)NC3(CCO)CC3)c2C1. The minimum absolute atomic E-state index is 0.0246. The average Bonchev–Trinajstić information content (AvgIpc) is 3.42. The highest BCUT2D eigenvalue weighted by molar-refractivity contribution is 5.68. The van der Waals surface area contributed by atoms with Crippen LogP contribution in [0, 0.1) is 0 Å². The van der Waals surface area contributed by atoms with Crippen LogP contribution < -0.4 is 5.32 Å². The van der Waals surface area contributed by atoms with Crippen LogP contribution in [-0.4, -0.2) is 57.2 Å². The van der Waals surface area contributed by atoms with E-state index in [0.29, 0.717) is 26.3 Å². The van der Waals surface area contributed by atoms with Crippen LogP contribution in [0.4, 0.5) is 4.79 Å². The van der Waals surface area contributed by atoms with Gasteiger partial charge in [-0.3, -0.25) is 5.10 Å². The zero-order valence-corrected chi connectivity index (χ0v) is 20.6. The first kappa shape index (κ1) is 24.7. The fourth-order valence-corrected chi connectivity index (χ4v) is 4.53. The molecule has 1 atom stereocenters. The Morgan fingerprint density at radius 1 is 1.29 bits per heavy atom. The van der Waals surface area contributed by atoms with Crippen LogP contribution in [0.5, 0.6) is 0 Å². The molecule has 1 aromatic heterocycles. The number of rotatable bonds is 10. The number of nitrogens with zero attached hydrogens (tertiary/aromatic N) is 2. The highest BCUT2D eigenvalue weighted by Crippen LogP contribution is 2.41. The number of carbonyl (C=O) groups excluding carboxylic acids is 1. The molecule has 8 nitrogen and oxygen atoms in total. The van der Waals surface area contributed by atoms with Gasteiger partial charge in [0.2, 0.25) is 0 Å². The Balaban J connectivity index is 1.46. The Morgan fingerprint density at radius 3 is 2.74 bits per heavy atom. The van der Waals surface area contributed by atoms with E-state index < -0.39 is 5.60 Å². The summed E-state index contributed by atoms with van der Waals surface area (Å²) in [6.45, 7) is 8.05. The highest BCUT2D eigenvalue weighted by atomic mass is 16.6. The Hall–Kier alpha value is -2.42. The highest BCUT2D eigenvalue weighted by Gasteiger charge is 2.44. The summed E-state index contributed by atoms with van der Waals surface area (Å²) in [5, 5.41) is 21.2. The molecule has 0 bridgehead atoms. The number of carbonyl (C=O) groups is 1.